The second kappa shape index (κ2) is 10.5. The molecule has 0 aromatic heterocycles. The first-order valence-electron chi connectivity index (χ1n) is 12.7. The Bertz CT molecular complexity index is 1390. The largest absolute Gasteiger partial charge is 0.485 e. The zero-order chi connectivity index (χ0) is 27.7. The average molecular weight is 537 g/mol. The first-order valence-corrected chi connectivity index (χ1v) is 14.2. The predicted molar refractivity (Wildman–Crippen MR) is 148 cm³/mol. The van der Waals surface area contributed by atoms with Gasteiger partial charge in [0.15, 0.2) is 0 Å². The number of hydrogen-bond donors (Lipinski definition) is 3. The molecule has 4 rings (SSSR count). The van der Waals surface area contributed by atoms with Gasteiger partial charge in [-0.05, 0) is 67.1 Å². The van der Waals surface area contributed by atoms with Crippen LogP contribution in [0.4, 0.5) is 0 Å². The van der Waals surface area contributed by atoms with E-state index in [1.807, 2.05) is 30.3 Å². The molecule has 8 heteroatoms. The van der Waals surface area contributed by atoms with Gasteiger partial charge in [-0.1, -0.05) is 63.2 Å². The molecular formula is C30H36N2O5S. The van der Waals surface area contributed by atoms with Gasteiger partial charge in [0.05, 0.1) is 10.9 Å². The number of amides is 1. The van der Waals surface area contributed by atoms with Gasteiger partial charge in [-0.3, -0.25) is 4.79 Å². The Hall–Kier alpha value is -3.20. The number of rotatable bonds is 7. The fourth-order valence-electron chi connectivity index (χ4n) is 4.51. The van der Waals surface area contributed by atoms with E-state index in [0.717, 1.165) is 11.1 Å². The highest BCUT2D eigenvalue weighted by atomic mass is 32.2. The predicted octanol–water partition coefficient (Wildman–Crippen LogP) is 4.51. The first-order chi connectivity index (χ1) is 17.8. The molecule has 38 heavy (non-hydrogen) atoms. The molecule has 1 amide bonds. The smallest absolute Gasteiger partial charge is 0.251 e. The van der Waals surface area contributed by atoms with Crippen LogP contribution in [0.3, 0.4) is 0 Å². The van der Waals surface area contributed by atoms with Crippen LogP contribution in [0.25, 0.3) is 0 Å². The van der Waals surface area contributed by atoms with E-state index in [1.54, 1.807) is 56.3 Å². The molecule has 0 spiro atoms. The molecule has 2 atom stereocenters. The van der Waals surface area contributed by atoms with Crippen LogP contribution in [-0.2, 0) is 21.9 Å². The zero-order valence-electron chi connectivity index (χ0n) is 22.5. The van der Waals surface area contributed by atoms with Gasteiger partial charge in [-0.15, -0.1) is 0 Å². The lowest BCUT2D eigenvalue weighted by atomic mass is 9.86. The topological polar surface area (TPSA) is 105 Å². The second-order valence-corrected chi connectivity index (χ2v) is 13.0. The number of aliphatic hydroxyl groups is 1. The van der Waals surface area contributed by atoms with Crippen molar-refractivity contribution in [1.82, 2.24) is 10.0 Å². The molecule has 202 valence electrons. The summed E-state index contributed by atoms with van der Waals surface area (Å²) in [5.74, 6) is 0.124. The number of hydrogen-bond acceptors (Lipinski definition) is 5. The summed E-state index contributed by atoms with van der Waals surface area (Å²) in [5.41, 5.74) is 1.70. The van der Waals surface area contributed by atoms with Gasteiger partial charge in [-0.2, -0.15) is 0 Å². The van der Waals surface area contributed by atoms with Gasteiger partial charge in [0.25, 0.3) is 5.91 Å². The third-order valence-corrected chi connectivity index (χ3v) is 8.32. The Morgan fingerprint density at radius 1 is 1.00 bits per heavy atom. The summed E-state index contributed by atoms with van der Waals surface area (Å²) in [6.07, 6.45) is -0.515. The zero-order valence-corrected chi connectivity index (χ0v) is 23.3. The summed E-state index contributed by atoms with van der Waals surface area (Å²) in [5, 5.41) is 14.1. The van der Waals surface area contributed by atoms with Crippen LogP contribution >= 0.6 is 0 Å². The minimum atomic E-state index is -3.99. The van der Waals surface area contributed by atoms with E-state index in [1.165, 1.54) is 0 Å². The van der Waals surface area contributed by atoms with Crippen molar-refractivity contribution in [3.63, 3.8) is 0 Å². The Balaban J connectivity index is 1.58. The third kappa shape index (κ3) is 6.09. The van der Waals surface area contributed by atoms with Crippen molar-refractivity contribution in [3.05, 3.63) is 95.1 Å². The lowest BCUT2D eigenvalue weighted by Crippen LogP contribution is -2.53. The van der Waals surface area contributed by atoms with E-state index in [4.69, 9.17) is 4.74 Å². The SMILES string of the molecule is CC(C)(C)c1ccc(S(=O)(=O)N[C@@H]2c3cc(C(=O)NCCc4ccccc4)ccc3OC(C)(C)[C@H]2O)cc1. The maximum Gasteiger partial charge on any atom is 0.251 e. The van der Waals surface area contributed by atoms with Crippen LogP contribution < -0.4 is 14.8 Å². The number of aliphatic hydroxyl groups excluding tert-OH is 1. The second-order valence-electron chi connectivity index (χ2n) is 11.3. The lowest BCUT2D eigenvalue weighted by Gasteiger charge is -2.42. The molecule has 0 bridgehead atoms. The molecule has 0 aliphatic carbocycles. The summed E-state index contributed by atoms with van der Waals surface area (Å²) in [4.78, 5) is 13.0. The number of sulfonamides is 1. The van der Waals surface area contributed by atoms with Crippen molar-refractivity contribution in [2.24, 2.45) is 0 Å². The van der Waals surface area contributed by atoms with Gasteiger partial charge in [0.2, 0.25) is 10.0 Å². The summed E-state index contributed by atoms with van der Waals surface area (Å²) in [7, 11) is -3.99. The normalized spacial score (nSPS) is 18.8. The molecule has 0 saturated carbocycles. The first kappa shape index (κ1) is 27.8. The molecule has 1 aliphatic rings. The lowest BCUT2D eigenvalue weighted by molar-refractivity contribution is -0.0603. The summed E-state index contributed by atoms with van der Waals surface area (Å²) in [6.45, 7) is 10.0. The average Bonchev–Trinajstić information content (AvgIpc) is 2.86. The van der Waals surface area contributed by atoms with E-state index in [-0.39, 0.29) is 16.2 Å². The van der Waals surface area contributed by atoms with Crippen LogP contribution in [0.15, 0.2) is 77.7 Å². The third-order valence-electron chi connectivity index (χ3n) is 6.86. The Labute approximate surface area is 225 Å². The Kier molecular flexibility index (Phi) is 7.70. The Morgan fingerprint density at radius 3 is 2.29 bits per heavy atom. The van der Waals surface area contributed by atoms with Crippen LogP contribution in [0.5, 0.6) is 5.75 Å². The van der Waals surface area contributed by atoms with Crippen molar-refractivity contribution in [2.75, 3.05) is 6.54 Å². The highest BCUT2D eigenvalue weighted by Gasteiger charge is 2.45. The monoisotopic (exact) mass is 536 g/mol. The fraction of sp³-hybridized carbons (Fsp3) is 0.367. The number of carbonyl (C=O) groups excluding carboxylic acids is 1. The molecule has 3 N–H and O–H groups in total. The van der Waals surface area contributed by atoms with Gasteiger partial charge in [0, 0.05) is 17.7 Å². The van der Waals surface area contributed by atoms with Gasteiger partial charge < -0.3 is 15.2 Å². The summed E-state index contributed by atoms with van der Waals surface area (Å²) >= 11 is 0. The van der Waals surface area contributed by atoms with Crippen molar-refractivity contribution in [2.45, 2.75) is 69.1 Å². The standard InChI is InChI=1S/C30H36N2O5S/c1-29(2,3)22-12-14-23(15-13-22)38(35,36)32-26-24-19-21(11-16-25(24)37-30(4,5)27(26)33)28(34)31-18-17-20-9-7-6-8-10-20/h6-16,19,26-27,32-33H,17-18H2,1-5H3,(H,31,34)/t26-,27+/m1/s1. The van der Waals surface area contributed by atoms with Crippen molar-refractivity contribution in [3.8, 4) is 5.75 Å². The number of nitrogens with one attached hydrogen (secondary N) is 2. The van der Waals surface area contributed by atoms with Gasteiger partial charge >= 0.3 is 0 Å². The molecule has 0 unspecified atom stereocenters. The van der Waals surface area contributed by atoms with Crippen LogP contribution in [0, 0.1) is 0 Å². The summed E-state index contributed by atoms with van der Waals surface area (Å²) < 4.78 is 35.4. The number of fused-ring (bicyclic) bond motifs is 1. The van der Waals surface area contributed by atoms with E-state index >= 15 is 0 Å². The molecule has 7 nitrogen and oxygen atoms in total. The maximum absolute atomic E-state index is 13.4. The van der Waals surface area contributed by atoms with E-state index in [9.17, 15) is 18.3 Å². The minimum absolute atomic E-state index is 0.0957. The fourth-order valence-corrected chi connectivity index (χ4v) is 5.73. The molecule has 3 aromatic rings. The Morgan fingerprint density at radius 2 is 1.66 bits per heavy atom. The number of ether oxygens (including phenoxy) is 1. The van der Waals surface area contributed by atoms with E-state index in [2.05, 4.69) is 30.8 Å². The van der Waals surface area contributed by atoms with Crippen LogP contribution in [0.2, 0.25) is 0 Å². The molecule has 0 radical (unpaired) electrons. The van der Waals surface area contributed by atoms with Crippen LogP contribution in [-0.4, -0.2) is 37.7 Å². The van der Waals surface area contributed by atoms with Crippen molar-refractivity contribution in [1.29, 1.82) is 0 Å². The minimum Gasteiger partial charge on any atom is -0.485 e. The van der Waals surface area contributed by atoms with E-state index < -0.39 is 27.8 Å². The number of carbonyl (C=O) groups is 1. The molecule has 1 heterocycles. The number of benzene rings is 3. The molecular weight excluding hydrogens is 500 g/mol. The molecule has 1 aliphatic heterocycles. The maximum atomic E-state index is 13.4. The highest BCUT2D eigenvalue weighted by molar-refractivity contribution is 7.89. The highest BCUT2D eigenvalue weighted by Crippen LogP contribution is 2.41. The molecule has 3 aromatic carbocycles. The van der Waals surface area contributed by atoms with Crippen molar-refractivity contribution >= 4 is 15.9 Å². The van der Waals surface area contributed by atoms with Crippen LogP contribution in [0.1, 0.15) is 67.7 Å². The van der Waals surface area contributed by atoms with E-state index in [0.29, 0.717) is 29.8 Å². The summed E-state index contributed by atoms with van der Waals surface area (Å²) in [6, 6.07) is 20.4. The molecule has 0 fully saturated rings. The quantitative estimate of drug-likeness (QED) is 0.412. The van der Waals surface area contributed by atoms with Crippen molar-refractivity contribution < 1.29 is 23.1 Å². The van der Waals surface area contributed by atoms with Gasteiger partial charge in [0.1, 0.15) is 17.5 Å². The molecule has 0 saturated heterocycles. The van der Waals surface area contributed by atoms with Gasteiger partial charge in [-0.25, -0.2) is 13.1 Å².